The summed E-state index contributed by atoms with van der Waals surface area (Å²) in [6.07, 6.45) is 0. The van der Waals surface area contributed by atoms with Crippen molar-refractivity contribution in [2.45, 2.75) is 26.3 Å². The Morgan fingerprint density at radius 1 is 1.35 bits per heavy atom. The van der Waals surface area contributed by atoms with Gasteiger partial charge in [0, 0.05) is 5.69 Å². The van der Waals surface area contributed by atoms with Gasteiger partial charge in [-0.15, -0.1) is 0 Å². The average molecular weight is 282 g/mol. The highest BCUT2D eigenvalue weighted by Gasteiger charge is 2.26. The molecular formula is C14H19FN2O3. The predicted molar refractivity (Wildman–Crippen MR) is 74.1 cm³/mol. The summed E-state index contributed by atoms with van der Waals surface area (Å²) < 4.78 is 18.0. The SMILES string of the molecule is CCNC(C)(C)C(=O)Nc1ccc(F)c(C(=O)OC)c1. The van der Waals surface area contributed by atoms with Gasteiger partial charge < -0.3 is 15.4 Å². The Labute approximate surface area is 117 Å². The van der Waals surface area contributed by atoms with Crippen LogP contribution in [0.4, 0.5) is 10.1 Å². The first kappa shape index (κ1) is 16.1. The van der Waals surface area contributed by atoms with Gasteiger partial charge in [-0.2, -0.15) is 0 Å². The van der Waals surface area contributed by atoms with Crippen LogP contribution in [0.15, 0.2) is 18.2 Å². The van der Waals surface area contributed by atoms with Crippen molar-refractivity contribution in [3.8, 4) is 0 Å². The molecule has 0 aromatic heterocycles. The van der Waals surface area contributed by atoms with E-state index < -0.39 is 17.3 Å². The van der Waals surface area contributed by atoms with E-state index in [9.17, 15) is 14.0 Å². The number of likely N-dealkylation sites (N-methyl/N-ethyl adjacent to an activating group) is 1. The van der Waals surface area contributed by atoms with Gasteiger partial charge in [-0.05, 0) is 38.6 Å². The molecule has 1 rings (SSSR count). The summed E-state index contributed by atoms with van der Waals surface area (Å²) in [6, 6.07) is 3.75. The molecular weight excluding hydrogens is 263 g/mol. The largest absolute Gasteiger partial charge is 0.465 e. The first-order valence-electron chi connectivity index (χ1n) is 6.26. The molecule has 5 nitrogen and oxygen atoms in total. The molecule has 0 spiro atoms. The molecule has 110 valence electrons. The van der Waals surface area contributed by atoms with Gasteiger partial charge >= 0.3 is 5.97 Å². The molecule has 0 unspecified atom stereocenters. The van der Waals surface area contributed by atoms with E-state index in [1.165, 1.54) is 19.2 Å². The highest BCUT2D eigenvalue weighted by Crippen LogP contribution is 2.17. The third-order valence-corrected chi connectivity index (χ3v) is 2.82. The molecule has 0 fully saturated rings. The second kappa shape index (κ2) is 6.47. The molecule has 1 aromatic rings. The number of carbonyl (C=O) groups is 2. The lowest BCUT2D eigenvalue weighted by atomic mass is 10.0. The molecule has 0 saturated carbocycles. The molecule has 6 heteroatoms. The third-order valence-electron chi connectivity index (χ3n) is 2.82. The fourth-order valence-electron chi connectivity index (χ4n) is 1.68. The summed E-state index contributed by atoms with van der Waals surface area (Å²) in [5.41, 5.74) is -0.650. The van der Waals surface area contributed by atoms with Gasteiger partial charge in [0.25, 0.3) is 0 Å². The number of halogens is 1. The van der Waals surface area contributed by atoms with E-state index in [0.717, 1.165) is 6.07 Å². The van der Waals surface area contributed by atoms with E-state index >= 15 is 0 Å². The van der Waals surface area contributed by atoms with E-state index in [1.54, 1.807) is 13.8 Å². The lowest BCUT2D eigenvalue weighted by molar-refractivity contribution is -0.121. The van der Waals surface area contributed by atoms with E-state index in [4.69, 9.17) is 0 Å². The highest BCUT2D eigenvalue weighted by molar-refractivity contribution is 5.99. The molecule has 1 amide bonds. The molecule has 0 aliphatic rings. The number of rotatable bonds is 5. The van der Waals surface area contributed by atoms with Gasteiger partial charge in [0.2, 0.25) is 5.91 Å². The average Bonchev–Trinajstić information content (AvgIpc) is 2.39. The number of hydrogen-bond donors (Lipinski definition) is 2. The molecule has 20 heavy (non-hydrogen) atoms. The minimum absolute atomic E-state index is 0.216. The number of methoxy groups -OCH3 is 1. The number of ether oxygens (including phenoxy) is 1. The maximum Gasteiger partial charge on any atom is 0.340 e. The van der Waals surface area contributed by atoms with Crippen molar-refractivity contribution >= 4 is 17.6 Å². The van der Waals surface area contributed by atoms with Gasteiger partial charge in [0.1, 0.15) is 5.82 Å². The number of nitrogens with one attached hydrogen (secondary N) is 2. The van der Waals surface area contributed by atoms with Crippen LogP contribution in [0.3, 0.4) is 0 Å². The zero-order valence-corrected chi connectivity index (χ0v) is 12.0. The Morgan fingerprint density at radius 3 is 2.55 bits per heavy atom. The van der Waals surface area contributed by atoms with Gasteiger partial charge in [-0.25, -0.2) is 9.18 Å². The Kier molecular flexibility index (Phi) is 5.21. The zero-order valence-electron chi connectivity index (χ0n) is 12.0. The van der Waals surface area contributed by atoms with Crippen LogP contribution in [0.2, 0.25) is 0 Å². The topological polar surface area (TPSA) is 67.4 Å². The monoisotopic (exact) mass is 282 g/mol. The second-order valence-electron chi connectivity index (χ2n) is 4.80. The van der Waals surface area contributed by atoms with Crippen molar-refractivity contribution in [1.82, 2.24) is 5.32 Å². The van der Waals surface area contributed by atoms with E-state index in [0.29, 0.717) is 12.2 Å². The summed E-state index contributed by atoms with van der Waals surface area (Å²) in [5, 5.41) is 5.66. The maximum atomic E-state index is 13.5. The Balaban J connectivity index is 2.94. The summed E-state index contributed by atoms with van der Waals surface area (Å²) in [4.78, 5) is 23.5. The fraction of sp³-hybridized carbons (Fsp3) is 0.429. The van der Waals surface area contributed by atoms with Crippen molar-refractivity contribution in [2.24, 2.45) is 0 Å². The second-order valence-corrected chi connectivity index (χ2v) is 4.80. The predicted octanol–water partition coefficient (Wildman–Crippen LogP) is 1.94. The van der Waals surface area contributed by atoms with Crippen molar-refractivity contribution in [2.75, 3.05) is 19.0 Å². The fourth-order valence-corrected chi connectivity index (χ4v) is 1.68. The Hall–Kier alpha value is -1.95. The number of amides is 1. The van der Waals surface area contributed by atoms with Crippen LogP contribution in [0.5, 0.6) is 0 Å². The molecule has 0 saturated heterocycles. The number of esters is 1. The number of carbonyl (C=O) groups excluding carboxylic acids is 2. The van der Waals surface area contributed by atoms with Gasteiger partial charge in [0.05, 0.1) is 18.2 Å². The molecule has 1 aromatic carbocycles. The number of hydrogen-bond acceptors (Lipinski definition) is 4. The molecule has 0 bridgehead atoms. The standard InChI is InChI=1S/C14H19FN2O3/c1-5-16-14(2,3)13(19)17-9-6-7-11(15)10(8-9)12(18)20-4/h6-8,16H,5H2,1-4H3,(H,17,19). The zero-order chi connectivity index (χ0) is 15.3. The van der Waals surface area contributed by atoms with Crippen LogP contribution in [0.25, 0.3) is 0 Å². The molecule has 0 aliphatic heterocycles. The van der Waals surface area contributed by atoms with Gasteiger partial charge in [-0.1, -0.05) is 6.92 Å². The first-order valence-corrected chi connectivity index (χ1v) is 6.26. The van der Waals surface area contributed by atoms with Crippen LogP contribution in [0, 0.1) is 5.82 Å². The molecule has 0 atom stereocenters. The Bertz CT molecular complexity index is 515. The summed E-state index contributed by atoms with van der Waals surface area (Å²) in [5.74, 6) is -1.76. The van der Waals surface area contributed by atoms with E-state index in [-0.39, 0.29) is 11.5 Å². The van der Waals surface area contributed by atoms with Crippen molar-refractivity contribution < 1.29 is 18.7 Å². The summed E-state index contributed by atoms with van der Waals surface area (Å²) >= 11 is 0. The van der Waals surface area contributed by atoms with Crippen LogP contribution in [-0.4, -0.2) is 31.1 Å². The molecule has 2 N–H and O–H groups in total. The number of benzene rings is 1. The minimum atomic E-state index is -0.787. The van der Waals surface area contributed by atoms with Crippen LogP contribution in [0.1, 0.15) is 31.1 Å². The molecule has 0 heterocycles. The highest BCUT2D eigenvalue weighted by atomic mass is 19.1. The first-order chi connectivity index (χ1) is 9.31. The van der Waals surface area contributed by atoms with E-state index in [2.05, 4.69) is 15.4 Å². The van der Waals surface area contributed by atoms with Gasteiger partial charge in [0.15, 0.2) is 0 Å². The summed E-state index contributed by atoms with van der Waals surface area (Å²) in [6.45, 7) is 5.99. The van der Waals surface area contributed by atoms with Crippen molar-refractivity contribution in [3.63, 3.8) is 0 Å². The normalized spacial score (nSPS) is 11.1. The quantitative estimate of drug-likeness (QED) is 0.810. The molecule has 0 aliphatic carbocycles. The summed E-state index contributed by atoms with van der Waals surface area (Å²) in [7, 11) is 1.17. The lowest BCUT2D eigenvalue weighted by Gasteiger charge is -2.24. The van der Waals surface area contributed by atoms with Crippen LogP contribution in [-0.2, 0) is 9.53 Å². The maximum absolute atomic E-state index is 13.5. The van der Waals surface area contributed by atoms with E-state index in [1.807, 2.05) is 6.92 Å². The van der Waals surface area contributed by atoms with Crippen molar-refractivity contribution in [1.29, 1.82) is 0 Å². The minimum Gasteiger partial charge on any atom is -0.465 e. The number of anilines is 1. The smallest absolute Gasteiger partial charge is 0.340 e. The molecule has 0 radical (unpaired) electrons. The van der Waals surface area contributed by atoms with Crippen molar-refractivity contribution in [3.05, 3.63) is 29.6 Å². The van der Waals surface area contributed by atoms with Crippen LogP contribution >= 0.6 is 0 Å². The van der Waals surface area contributed by atoms with Gasteiger partial charge in [-0.3, -0.25) is 4.79 Å². The third kappa shape index (κ3) is 3.77. The Morgan fingerprint density at radius 2 is 2.00 bits per heavy atom. The van der Waals surface area contributed by atoms with Crippen LogP contribution < -0.4 is 10.6 Å². The lowest BCUT2D eigenvalue weighted by Crippen LogP contribution is -2.49.